The lowest BCUT2D eigenvalue weighted by molar-refractivity contribution is 0.185. The number of nitrogens with one attached hydrogen (secondary N) is 1. The van der Waals surface area contributed by atoms with Crippen molar-refractivity contribution in [1.82, 2.24) is 5.32 Å². The number of ether oxygens (including phenoxy) is 1. The van der Waals surface area contributed by atoms with E-state index in [9.17, 15) is 0 Å². The van der Waals surface area contributed by atoms with Crippen LogP contribution in [-0.2, 0) is 6.42 Å². The van der Waals surface area contributed by atoms with Crippen LogP contribution in [0.5, 0.6) is 5.75 Å². The molecule has 3 rings (SSSR count). The summed E-state index contributed by atoms with van der Waals surface area (Å²) in [7, 11) is 1.75. The Labute approximate surface area is 129 Å². The lowest BCUT2D eigenvalue weighted by atomic mass is 9.74. The van der Waals surface area contributed by atoms with E-state index in [-0.39, 0.29) is 0 Å². The van der Waals surface area contributed by atoms with E-state index in [1.807, 2.05) is 0 Å². The third-order valence-corrected chi connectivity index (χ3v) is 5.31. The maximum absolute atomic E-state index is 5.37. The average molecular weight is 287 g/mol. The standard InChI is InChI=1S/C19H29NO/c1-19(2)11-5-7-15(13-19)20-18-8-4-6-14-12-16(21-3)9-10-17(14)18/h9-10,12,15,18,20H,4-8,11,13H2,1-3H3. The fourth-order valence-electron chi connectivity index (χ4n) is 4.22. The molecule has 2 aliphatic rings. The van der Waals surface area contributed by atoms with Crippen molar-refractivity contribution in [3.05, 3.63) is 29.3 Å². The van der Waals surface area contributed by atoms with Gasteiger partial charge in [0, 0.05) is 12.1 Å². The van der Waals surface area contributed by atoms with Crippen molar-refractivity contribution < 1.29 is 4.74 Å². The fourth-order valence-corrected chi connectivity index (χ4v) is 4.22. The zero-order valence-electron chi connectivity index (χ0n) is 13.7. The van der Waals surface area contributed by atoms with Crippen LogP contribution < -0.4 is 10.1 Å². The highest BCUT2D eigenvalue weighted by molar-refractivity contribution is 5.39. The second-order valence-corrected chi connectivity index (χ2v) is 7.63. The van der Waals surface area contributed by atoms with Crippen molar-refractivity contribution in [2.75, 3.05) is 7.11 Å². The Morgan fingerprint density at radius 1 is 1.19 bits per heavy atom. The molecule has 0 spiro atoms. The van der Waals surface area contributed by atoms with Gasteiger partial charge in [-0.2, -0.15) is 0 Å². The van der Waals surface area contributed by atoms with Gasteiger partial charge in [0.1, 0.15) is 5.75 Å². The van der Waals surface area contributed by atoms with Gasteiger partial charge in [-0.15, -0.1) is 0 Å². The molecule has 1 N–H and O–H groups in total. The lowest BCUT2D eigenvalue weighted by Gasteiger charge is -2.39. The summed E-state index contributed by atoms with van der Waals surface area (Å²) in [5.74, 6) is 0.994. The highest BCUT2D eigenvalue weighted by atomic mass is 16.5. The van der Waals surface area contributed by atoms with Gasteiger partial charge in [-0.05, 0) is 67.2 Å². The Hall–Kier alpha value is -1.02. The van der Waals surface area contributed by atoms with Gasteiger partial charge in [0.2, 0.25) is 0 Å². The number of fused-ring (bicyclic) bond motifs is 1. The fraction of sp³-hybridized carbons (Fsp3) is 0.684. The van der Waals surface area contributed by atoms with E-state index >= 15 is 0 Å². The zero-order chi connectivity index (χ0) is 14.9. The first-order valence-corrected chi connectivity index (χ1v) is 8.50. The molecule has 0 aromatic heterocycles. The molecule has 2 nitrogen and oxygen atoms in total. The minimum Gasteiger partial charge on any atom is -0.497 e. The third-order valence-electron chi connectivity index (χ3n) is 5.31. The van der Waals surface area contributed by atoms with Crippen molar-refractivity contribution >= 4 is 0 Å². The van der Waals surface area contributed by atoms with E-state index in [0.717, 1.165) is 5.75 Å². The van der Waals surface area contributed by atoms with Crippen molar-refractivity contribution in [2.24, 2.45) is 5.41 Å². The van der Waals surface area contributed by atoms with Crippen LogP contribution >= 0.6 is 0 Å². The molecule has 2 heteroatoms. The van der Waals surface area contributed by atoms with Crippen molar-refractivity contribution in [3.8, 4) is 5.75 Å². The molecule has 0 radical (unpaired) electrons. The summed E-state index contributed by atoms with van der Waals surface area (Å²) in [6, 6.07) is 7.85. The van der Waals surface area contributed by atoms with Gasteiger partial charge >= 0.3 is 0 Å². The van der Waals surface area contributed by atoms with E-state index in [0.29, 0.717) is 17.5 Å². The topological polar surface area (TPSA) is 21.3 Å². The van der Waals surface area contributed by atoms with Crippen LogP contribution in [0.3, 0.4) is 0 Å². The van der Waals surface area contributed by atoms with E-state index < -0.39 is 0 Å². The molecule has 0 bridgehead atoms. The van der Waals surface area contributed by atoms with Gasteiger partial charge in [0.15, 0.2) is 0 Å². The number of methoxy groups -OCH3 is 1. The van der Waals surface area contributed by atoms with Gasteiger partial charge in [0.05, 0.1) is 7.11 Å². The molecular formula is C19H29NO. The van der Waals surface area contributed by atoms with Crippen LogP contribution in [0.1, 0.15) is 69.5 Å². The summed E-state index contributed by atoms with van der Waals surface area (Å²) in [5.41, 5.74) is 3.49. The normalized spacial score (nSPS) is 28.0. The Balaban J connectivity index is 1.73. The Bertz CT molecular complexity index is 494. The smallest absolute Gasteiger partial charge is 0.119 e. The van der Waals surface area contributed by atoms with Crippen LogP contribution in [0.4, 0.5) is 0 Å². The van der Waals surface area contributed by atoms with Crippen LogP contribution in [0, 0.1) is 5.41 Å². The molecule has 1 aromatic carbocycles. The van der Waals surface area contributed by atoms with Crippen LogP contribution in [0.15, 0.2) is 18.2 Å². The zero-order valence-corrected chi connectivity index (χ0v) is 13.7. The van der Waals surface area contributed by atoms with Crippen molar-refractivity contribution in [1.29, 1.82) is 0 Å². The predicted octanol–water partition coefficient (Wildman–Crippen LogP) is 4.63. The summed E-state index contributed by atoms with van der Waals surface area (Å²) in [4.78, 5) is 0. The first-order chi connectivity index (χ1) is 10.1. The third kappa shape index (κ3) is 3.42. The summed E-state index contributed by atoms with van der Waals surface area (Å²) >= 11 is 0. The van der Waals surface area contributed by atoms with E-state index in [1.54, 1.807) is 7.11 Å². The van der Waals surface area contributed by atoms with Crippen LogP contribution in [0.2, 0.25) is 0 Å². The first-order valence-electron chi connectivity index (χ1n) is 8.50. The molecule has 21 heavy (non-hydrogen) atoms. The predicted molar refractivity (Wildman–Crippen MR) is 87.8 cm³/mol. The van der Waals surface area contributed by atoms with E-state index in [1.165, 1.54) is 56.1 Å². The molecule has 1 aromatic rings. The SMILES string of the molecule is COc1ccc2c(c1)CCCC2NC1CCCC(C)(C)C1. The second-order valence-electron chi connectivity index (χ2n) is 7.63. The number of rotatable bonds is 3. The van der Waals surface area contributed by atoms with E-state index in [2.05, 4.69) is 37.4 Å². The molecule has 2 atom stereocenters. The largest absolute Gasteiger partial charge is 0.497 e. The van der Waals surface area contributed by atoms with Gasteiger partial charge < -0.3 is 10.1 Å². The first kappa shape index (κ1) is 14.9. The number of benzene rings is 1. The van der Waals surface area contributed by atoms with E-state index in [4.69, 9.17) is 4.74 Å². The number of hydrogen-bond acceptors (Lipinski definition) is 2. The monoisotopic (exact) mass is 287 g/mol. The maximum Gasteiger partial charge on any atom is 0.119 e. The summed E-state index contributed by atoms with van der Waals surface area (Å²) < 4.78 is 5.37. The van der Waals surface area contributed by atoms with Gasteiger partial charge in [-0.3, -0.25) is 0 Å². The molecule has 0 heterocycles. The summed E-state index contributed by atoms with van der Waals surface area (Å²) in [6.45, 7) is 4.83. The molecule has 0 saturated heterocycles. The minimum absolute atomic E-state index is 0.507. The van der Waals surface area contributed by atoms with Crippen LogP contribution in [-0.4, -0.2) is 13.2 Å². The second kappa shape index (κ2) is 6.00. The van der Waals surface area contributed by atoms with Gasteiger partial charge in [-0.1, -0.05) is 26.3 Å². The molecule has 2 aliphatic carbocycles. The number of hydrogen-bond donors (Lipinski definition) is 1. The Morgan fingerprint density at radius 2 is 2.05 bits per heavy atom. The number of aryl methyl sites for hydroxylation is 1. The molecular weight excluding hydrogens is 258 g/mol. The molecule has 0 amide bonds. The van der Waals surface area contributed by atoms with Crippen molar-refractivity contribution in [3.63, 3.8) is 0 Å². The average Bonchev–Trinajstić information content (AvgIpc) is 2.46. The quantitative estimate of drug-likeness (QED) is 0.875. The molecule has 0 aliphatic heterocycles. The van der Waals surface area contributed by atoms with Gasteiger partial charge in [-0.25, -0.2) is 0 Å². The van der Waals surface area contributed by atoms with Crippen molar-refractivity contribution in [2.45, 2.75) is 70.9 Å². The molecule has 2 unspecified atom stereocenters. The Kier molecular flexibility index (Phi) is 4.26. The maximum atomic E-state index is 5.37. The summed E-state index contributed by atoms with van der Waals surface area (Å²) in [5, 5.41) is 3.97. The summed E-state index contributed by atoms with van der Waals surface area (Å²) in [6.07, 6.45) is 9.15. The van der Waals surface area contributed by atoms with Gasteiger partial charge in [0.25, 0.3) is 0 Å². The van der Waals surface area contributed by atoms with Crippen LogP contribution in [0.25, 0.3) is 0 Å². The molecule has 116 valence electrons. The highest BCUT2D eigenvalue weighted by Gasteiger charge is 2.30. The lowest BCUT2D eigenvalue weighted by Crippen LogP contribution is -2.40. The highest BCUT2D eigenvalue weighted by Crippen LogP contribution is 2.38. The molecule has 1 saturated carbocycles. The molecule has 1 fully saturated rings. The Morgan fingerprint density at radius 3 is 2.81 bits per heavy atom. The minimum atomic E-state index is 0.507.